The van der Waals surface area contributed by atoms with Crippen molar-refractivity contribution in [1.82, 2.24) is 4.90 Å². The predicted molar refractivity (Wildman–Crippen MR) is 79.7 cm³/mol. The van der Waals surface area contributed by atoms with Crippen LogP contribution in [-0.4, -0.2) is 63.0 Å². The van der Waals surface area contributed by atoms with E-state index in [-0.39, 0.29) is 31.0 Å². The Morgan fingerprint density at radius 1 is 1.27 bits per heavy atom. The fourth-order valence-corrected chi connectivity index (χ4v) is 3.96. The van der Waals surface area contributed by atoms with Crippen molar-refractivity contribution in [1.29, 1.82) is 0 Å². The maximum atomic E-state index is 12.7. The van der Waals surface area contributed by atoms with E-state index >= 15 is 0 Å². The lowest BCUT2D eigenvalue weighted by molar-refractivity contribution is -0.141. The number of carbonyl (C=O) groups excluding carboxylic acids is 1. The highest BCUT2D eigenvalue weighted by atomic mass is 32.2. The number of unbranched alkanes of at least 4 members (excludes halogenated alkanes) is 2. The number of hydrogen-bond acceptors (Lipinski definition) is 4. The van der Waals surface area contributed by atoms with E-state index in [1.165, 1.54) is 0 Å². The van der Waals surface area contributed by atoms with E-state index in [9.17, 15) is 22.0 Å². The lowest BCUT2D eigenvalue weighted by Crippen LogP contribution is -2.48. The lowest BCUT2D eigenvalue weighted by atomic mass is 10.1. The molecule has 0 unspecified atom stereocenters. The molecule has 22 heavy (non-hydrogen) atoms. The first-order valence-corrected chi connectivity index (χ1v) is 9.53. The largest absolute Gasteiger partial charge is 0.372 e. The second kappa shape index (κ2) is 9.39. The van der Waals surface area contributed by atoms with Crippen LogP contribution in [0.1, 0.15) is 39.0 Å². The first-order valence-electron chi connectivity index (χ1n) is 7.71. The number of rotatable bonds is 9. The molecule has 0 spiro atoms. The molecule has 0 aromatic rings. The molecule has 0 N–H and O–H groups in total. The Hall–Kier alpha value is -0.760. The van der Waals surface area contributed by atoms with Crippen LogP contribution in [0.25, 0.3) is 0 Å². The quantitative estimate of drug-likeness (QED) is 0.601. The Morgan fingerprint density at radius 2 is 1.91 bits per heavy atom. The molecule has 1 fully saturated rings. The van der Waals surface area contributed by atoms with Crippen molar-refractivity contribution < 1.29 is 26.7 Å². The van der Waals surface area contributed by atoms with Gasteiger partial charge in [0.25, 0.3) is 6.43 Å². The SMILES string of the molecule is CCCCCOCC(=O)N(CC(F)F)C1CCS(=O)(=O)CC1. The normalized spacial score (nSPS) is 18.5. The van der Waals surface area contributed by atoms with Crippen molar-refractivity contribution >= 4 is 15.7 Å². The summed E-state index contributed by atoms with van der Waals surface area (Å²) in [6, 6.07) is -0.440. The second-order valence-electron chi connectivity index (χ2n) is 5.58. The minimum atomic E-state index is -3.09. The molecule has 1 aliphatic rings. The van der Waals surface area contributed by atoms with Gasteiger partial charge in [-0.2, -0.15) is 0 Å². The van der Waals surface area contributed by atoms with E-state index in [1.807, 2.05) is 6.92 Å². The third-order valence-corrected chi connectivity index (χ3v) is 5.45. The maximum absolute atomic E-state index is 12.7. The first kappa shape index (κ1) is 19.3. The molecular weight excluding hydrogens is 316 g/mol. The van der Waals surface area contributed by atoms with E-state index < -0.39 is 34.8 Å². The van der Waals surface area contributed by atoms with Gasteiger partial charge in [0, 0.05) is 12.6 Å². The Morgan fingerprint density at radius 3 is 2.45 bits per heavy atom. The molecule has 1 aliphatic heterocycles. The van der Waals surface area contributed by atoms with Crippen molar-refractivity contribution in [3.63, 3.8) is 0 Å². The van der Waals surface area contributed by atoms with Crippen LogP contribution in [0, 0.1) is 0 Å². The highest BCUT2D eigenvalue weighted by Crippen LogP contribution is 2.19. The van der Waals surface area contributed by atoms with Crippen LogP contribution in [0.2, 0.25) is 0 Å². The lowest BCUT2D eigenvalue weighted by Gasteiger charge is -2.34. The van der Waals surface area contributed by atoms with Crippen molar-refractivity contribution in [2.24, 2.45) is 0 Å². The van der Waals surface area contributed by atoms with Gasteiger partial charge in [0.05, 0.1) is 18.1 Å². The number of nitrogens with zero attached hydrogens (tertiary/aromatic N) is 1. The van der Waals surface area contributed by atoms with Crippen LogP contribution in [0.5, 0.6) is 0 Å². The van der Waals surface area contributed by atoms with E-state index in [0.29, 0.717) is 6.61 Å². The van der Waals surface area contributed by atoms with Gasteiger partial charge in [0.15, 0.2) is 0 Å². The van der Waals surface area contributed by atoms with Crippen LogP contribution >= 0.6 is 0 Å². The number of hydrogen-bond donors (Lipinski definition) is 0. The molecule has 1 amide bonds. The average molecular weight is 341 g/mol. The second-order valence-corrected chi connectivity index (χ2v) is 7.88. The Kier molecular flexibility index (Phi) is 8.24. The molecule has 0 aromatic carbocycles. The monoisotopic (exact) mass is 341 g/mol. The third-order valence-electron chi connectivity index (χ3n) is 3.74. The van der Waals surface area contributed by atoms with Crippen molar-refractivity contribution in [3.05, 3.63) is 0 Å². The van der Waals surface area contributed by atoms with Crippen LogP contribution in [0.4, 0.5) is 8.78 Å². The maximum Gasteiger partial charge on any atom is 0.255 e. The average Bonchev–Trinajstić information content (AvgIpc) is 2.44. The van der Waals surface area contributed by atoms with Crippen LogP contribution in [0.3, 0.4) is 0 Å². The Labute approximate surface area is 130 Å². The van der Waals surface area contributed by atoms with Gasteiger partial charge in [-0.3, -0.25) is 4.79 Å². The standard InChI is InChI=1S/C14H25F2NO4S/c1-2-3-4-7-21-11-14(18)17(10-13(15)16)12-5-8-22(19,20)9-6-12/h12-13H,2-11H2,1H3. The van der Waals surface area contributed by atoms with E-state index in [2.05, 4.69) is 0 Å². The third kappa shape index (κ3) is 7.00. The molecule has 130 valence electrons. The summed E-state index contributed by atoms with van der Waals surface area (Å²) in [5.41, 5.74) is 0. The van der Waals surface area contributed by atoms with Gasteiger partial charge in [-0.25, -0.2) is 17.2 Å². The summed E-state index contributed by atoms with van der Waals surface area (Å²) in [5.74, 6) is -0.592. The summed E-state index contributed by atoms with van der Waals surface area (Å²) >= 11 is 0. The fourth-order valence-electron chi connectivity index (χ4n) is 2.49. The number of alkyl halides is 2. The molecule has 0 atom stereocenters. The van der Waals surface area contributed by atoms with Crippen LogP contribution < -0.4 is 0 Å². The summed E-state index contributed by atoms with van der Waals surface area (Å²) in [4.78, 5) is 13.2. The number of carbonyl (C=O) groups is 1. The van der Waals surface area contributed by atoms with Gasteiger partial charge in [-0.1, -0.05) is 19.8 Å². The Balaban J connectivity index is 2.51. The van der Waals surface area contributed by atoms with Crippen molar-refractivity contribution in [3.8, 4) is 0 Å². The van der Waals surface area contributed by atoms with E-state index in [4.69, 9.17) is 4.74 Å². The van der Waals surface area contributed by atoms with E-state index in [0.717, 1.165) is 24.2 Å². The molecule has 0 saturated carbocycles. The minimum absolute atomic E-state index is 0.0535. The van der Waals surface area contributed by atoms with Gasteiger partial charge in [-0.15, -0.1) is 0 Å². The Bertz CT molecular complexity index is 428. The number of sulfone groups is 1. The molecule has 8 heteroatoms. The van der Waals surface area contributed by atoms with Gasteiger partial charge in [-0.05, 0) is 19.3 Å². The molecule has 0 aliphatic carbocycles. The molecule has 0 bridgehead atoms. The highest BCUT2D eigenvalue weighted by molar-refractivity contribution is 7.91. The molecule has 5 nitrogen and oxygen atoms in total. The van der Waals surface area contributed by atoms with Gasteiger partial charge < -0.3 is 9.64 Å². The number of halogens is 2. The molecule has 1 rings (SSSR count). The molecule has 0 aromatic heterocycles. The highest BCUT2D eigenvalue weighted by Gasteiger charge is 2.32. The fraction of sp³-hybridized carbons (Fsp3) is 0.929. The van der Waals surface area contributed by atoms with Crippen LogP contribution in [0.15, 0.2) is 0 Å². The topological polar surface area (TPSA) is 63.7 Å². The van der Waals surface area contributed by atoms with Gasteiger partial charge in [0.2, 0.25) is 5.91 Å². The summed E-state index contributed by atoms with van der Waals surface area (Å²) in [7, 11) is -3.09. The summed E-state index contributed by atoms with van der Waals surface area (Å²) < 4.78 is 53.4. The molecule has 0 radical (unpaired) electrons. The van der Waals surface area contributed by atoms with Crippen LogP contribution in [-0.2, 0) is 19.4 Å². The molecule has 1 heterocycles. The smallest absolute Gasteiger partial charge is 0.255 e. The first-order chi connectivity index (χ1) is 10.4. The predicted octanol–water partition coefficient (Wildman–Crippen LogP) is 1.86. The van der Waals surface area contributed by atoms with Gasteiger partial charge >= 0.3 is 0 Å². The van der Waals surface area contributed by atoms with Gasteiger partial charge in [0.1, 0.15) is 16.4 Å². The zero-order valence-electron chi connectivity index (χ0n) is 13.0. The minimum Gasteiger partial charge on any atom is -0.372 e. The summed E-state index contributed by atoms with van der Waals surface area (Å²) in [6.45, 7) is 1.59. The number of ether oxygens (including phenoxy) is 1. The molecule has 1 saturated heterocycles. The van der Waals surface area contributed by atoms with Crippen molar-refractivity contribution in [2.45, 2.75) is 51.5 Å². The molecular formula is C14H25F2NO4S. The summed E-state index contributed by atoms with van der Waals surface area (Å²) in [6.07, 6.45) is 0.663. The van der Waals surface area contributed by atoms with E-state index in [1.54, 1.807) is 0 Å². The van der Waals surface area contributed by atoms with Crippen molar-refractivity contribution in [2.75, 3.05) is 31.3 Å². The zero-order chi connectivity index (χ0) is 16.6. The summed E-state index contributed by atoms with van der Waals surface area (Å²) in [5, 5.41) is 0. The zero-order valence-corrected chi connectivity index (χ0v) is 13.8. The number of amides is 1.